The van der Waals surface area contributed by atoms with Crippen molar-refractivity contribution in [3.05, 3.63) is 82.0 Å². The second-order valence-corrected chi connectivity index (χ2v) is 12.8. The minimum atomic E-state index is -1.66. The first-order valence-electron chi connectivity index (χ1n) is 16.5. The van der Waals surface area contributed by atoms with Gasteiger partial charge in [0.15, 0.2) is 11.5 Å². The number of fused-ring (bicyclic) bond motifs is 2. The number of allylic oxidation sites excluding steroid dienone is 2. The topological polar surface area (TPSA) is 210 Å². The van der Waals surface area contributed by atoms with Gasteiger partial charge in [-0.1, -0.05) is 26.0 Å². The lowest BCUT2D eigenvalue weighted by Gasteiger charge is -2.43. The first kappa shape index (κ1) is 35.8. The van der Waals surface area contributed by atoms with Crippen LogP contribution >= 0.6 is 0 Å². The van der Waals surface area contributed by atoms with E-state index in [1.807, 2.05) is 6.08 Å². The number of likely N-dealkylation sites (N-methyl/N-ethyl adjacent to an activating group) is 1. The number of esters is 1. The number of ether oxygens (including phenoxy) is 3. The van der Waals surface area contributed by atoms with E-state index < -0.39 is 55.3 Å². The fraction of sp³-hybridized carbons (Fsp3) is 0.389. The number of carbonyl (C=O) groups excluding carboxylic acids is 1. The Morgan fingerprint density at radius 3 is 2.59 bits per heavy atom. The first-order valence-corrected chi connectivity index (χ1v) is 16.5. The lowest BCUT2D eigenvalue weighted by atomic mass is 9.99. The van der Waals surface area contributed by atoms with Gasteiger partial charge in [-0.15, -0.1) is 0 Å². The van der Waals surface area contributed by atoms with Crippen LogP contribution in [0, 0.1) is 5.92 Å². The van der Waals surface area contributed by atoms with Crippen LogP contribution in [0.2, 0.25) is 0 Å². The van der Waals surface area contributed by atoms with Gasteiger partial charge in [0.05, 0.1) is 28.9 Å². The third-order valence-corrected chi connectivity index (χ3v) is 8.86. The van der Waals surface area contributed by atoms with Crippen LogP contribution in [-0.4, -0.2) is 101 Å². The quantitative estimate of drug-likeness (QED) is 0.128. The Hall–Kier alpha value is -5.06. The van der Waals surface area contributed by atoms with Gasteiger partial charge in [0.1, 0.15) is 48.3 Å². The summed E-state index contributed by atoms with van der Waals surface area (Å²) in [5, 5.41) is 45.7. The summed E-state index contributed by atoms with van der Waals surface area (Å²) in [7, 11) is 1.28. The van der Waals surface area contributed by atoms with Crippen molar-refractivity contribution >= 4 is 29.1 Å². The molecular formula is C36H39N3O12. The molecule has 15 heteroatoms. The lowest BCUT2D eigenvalue weighted by Crippen LogP contribution is -2.62. The van der Waals surface area contributed by atoms with E-state index in [1.54, 1.807) is 23.4 Å². The Morgan fingerprint density at radius 2 is 1.88 bits per heavy atom. The van der Waals surface area contributed by atoms with E-state index in [2.05, 4.69) is 24.2 Å². The minimum absolute atomic E-state index is 0.0556. The van der Waals surface area contributed by atoms with Crippen molar-refractivity contribution in [1.82, 2.24) is 10.4 Å². The molecule has 1 aromatic heterocycles. The number of nitrogens with one attached hydrogen (secondary N) is 1. The zero-order chi connectivity index (χ0) is 36.4. The third kappa shape index (κ3) is 7.52. The zero-order valence-corrected chi connectivity index (χ0v) is 28.1. The van der Waals surface area contributed by atoms with Crippen molar-refractivity contribution in [1.29, 1.82) is 0 Å². The van der Waals surface area contributed by atoms with Gasteiger partial charge in [0.2, 0.25) is 12.3 Å². The maximum Gasteiger partial charge on any atom is 0.334 e. The van der Waals surface area contributed by atoms with E-state index in [0.717, 1.165) is 23.4 Å². The predicted molar refractivity (Wildman–Crippen MR) is 182 cm³/mol. The molecule has 5 N–H and O–H groups in total. The molecule has 0 aliphatic carbocycles. The van der Waals surface area contributed by atoms with Gasteiger partial charge in [0.25, 0.3) is 0 Å². The number of aliphatic imine (C=N–C) groups is 1. The zero-order valence-electron chi connectivity index (χ0n) is 28.1. The van der Waals surface area contributed by atoms with E-state index >= 15 is 0 Å². The molecule has 0 saturated carbocycles. The number of phenolic OH excluding ortho intramolecular Hbond substituents is 1. The van der Waals surface area contributed by atoms with E-state index in [9.17, 15) is 34.8 Å². The highest BCUT2D eigenvalue weighted by molar-refractivity contribution is 5.98. The monoisotopic (exact) mass is 705 g/mol. The average Bonchev–Trinajstić information content (AvgIpc) is 3.68. The highest BCUT2D eigenvalue weighted by Gasteiger charge is 2.49. The number of hydrogen-bond donors (Lipinski definition) is 5. The molecule has 0 bridgehead atoms. The number of aromatic hydroxyl groups is 1. The minimum Gasteiger partial charge on any atom is -0.508 e. The van der Waals surface area contributed by atoms with E-state index in [0.29, 0.717) is 24.4 Å². The van der Waals surface area contributed by atoms with Crippen molar-refractivity contribution in [3.63, 3.8) is 0 Å². The maximum absolute atomic E-state index is 13.4. The molecule has 270 valence electrons. The molecule has 0 radical (unpaired) electrons. The maximum atomic E-state index is 13.4. The molecule has 0 spiro atoms. The summed E-state index contributed by atoms with van der Waals surface area (Å²) in [5.74, 6) is -1.98. The largest absolute Gasteiger partial charge is 0.508 e. The van der Waals surface area contributed by atoms with Gasteiger partial charge in [-0.25, -0.2) is 9.59 Å². The molecule has 15 nitrogen and oxygen atoms in total. The number of rotatable bonds is 13. The standard InChI is InChI=1S/C36H39N3O12/c1-18(2)4-11-25-28-20(12-13-38-28)15-39(25)51-33-32(43)31(42)27(17-48-35(46)29(37-3)34(44)45)50-36(33)49-22-9-10-23-26(14-22)47-16-24(30(23)41)19-5-7-21(40)8-6-19/h5-10,12-14,16,18,27,29,31-33,36-37,40,42-43H,4,11,15,17H2,1-3H3,(H,44,45)/t27-,29+,31-,32+,33-,36-/m0/s1. The molecule has 6 atom stereocenters. The van der Waals surface area contributed by atoms with Gasteiger partial charge in [-0.3, -0.25) is 25.0 Å². The normalized spacial score (nSPS) is 23.5. The molecule has 51 heavy (non-hydrogen) atoms. The summed E-state index contributed by atoms with van der Waals surface area (Å²) in [4.78, 5) is 48.1. The van der Waals surface area contributed by atoms with Gasteiger partial charge < -0.3 is 39.1 Å². The van der Waals surface area contributed by atoms with E-state index in [-0.39, 0.29) is 33.5 Å². The lowest BCUT2D eigenvalue weighted by molar-refractivity contribution is -0.328. The van der Waals surface area contributed by atoms with Gasteiger partial charge in [-0.2, -0.15) is 0 Å². The van der Waals surface area contributed by atoms with Gasteiger partial charge in [-0.05, 0) is 61.7 Å². The van der Waals surface area contributed by atoms with Gasteiger partial charge >= 0.3 is 11.9 Å². The Kier molecular flexibility index (Phi) is 10.5. The molecule has 4 heterocycles. The molecule has 6 rings (SSSR count). The Balaban J connectivity index is 1.28. The SMILES string of the molecule is CN[C@H](C(=O)O)C(=O)OC[C@@H]1O[C@H](Oc2ccc3c(=O)c(-c4ccc(O)cc4)coc3c2)[C@@H](ON2CC3=CC=NC3=C2CCC(C)C)[C@H](O)[C@H]1O. The van der Waals surface area contributed by atoms with E-state index in [1.165, 1.54) is 43.6 Å². The highest BCUT2D eigenvalue weighted by Crippen LogP contribution is 2.37. The van der Waals surface area contributed by atoms with Crippen molar-refractivity contribution in [2.75, 3.05) is 20.2 Å². The Morgan fingerprint density at radius 1 is 1.12 bits per heavy atom. The van der Waals surface area contributed by atoms with Crippen molar-refractivity contribution in [2.24, 2.45) is 10.9 Å². The summed E-state index contributed by atoms with van der Waals surface area (Å²) < 4.78 is 23.2. The van der Waals surface area contributed by atoms with Crippen LogP contribution in [0.15, 0.2) is 86.0 Å². The third-order valence-electron chi connectivity index (χ3n) is 8.86. The van der Waals surface area contributed by atoms with Crippen molar-refractivity contribution in [2.45, 2.75) is 63.4 Å². The van der Waals surface area contributed by atoms with Gasteiger partial charge in [0, 0.05) is 17.9 Å². The molecule has 3 aliphatic heterocycles. The summed E-state index contributed by atoms with van der Waals surface area (Å²) in [6, 6.07) is 8.94. The van der Waals surface area contributed by atoms with Crippen LogP contribution < -0.4 is 15.5 Å². The van der Waals surface area contributed by atoms with Crippen molar-refractivity contribution < 1.29 is 53.5 Å². The number of carboxylic acids is 1. The molecule has 0 unspecified atom stereocenters. The number of carbonyl (C=O) groups is 2. The number of hydrogen-bond acceptors (Lipinski definition) is 14. The van der Waals surface area contributed by atoms with Crippen LogP contribution in [0.5, 0.6) is 11.5 Å². The number of aliphatic carboxylic acids is 1. The summed E-state index contributed by atoms with van der Waals surface area (Å²) in [6.07, 6.45) is -1.01. The van der Waals surface area contributed by atoms with Crippen LogP contribution in [-0.2, 0) is 23.9 Å². The summed E-state index contributed by atoms with van der Waals surface area (Å²) in [5.41, 5.74) is 3.21. The predicted octanol–water partition coefficient (Wildman–Crippen LogP) is 2.48. The fourth-order valence-electron chi connectivity index (χ4n) is 6.03. The average molecular weight is 706 g/mol. The van der Waals surface area contributed by atoms with Crippen LogP contribution in [0.25, 0.3) is 22.1 Å². The first-order chi connectivity index (χ1) is 24.4. The van der Waals surface area contributed by atoms with Crippen LogP contribution in [0.3, 0.4) is 0 Å². The number of phenols is 1. The van der Waals surface area contributed by atoms with Crippen molar-refractivity contribution in [3.8, 4) is 22.6 Å². The number of carboxylic acid groups (broad SMARTS) is 1. The number of benzene rings is 2. The number of aliphatic hydroxyl groups is 2. The summed E-state index contributed by atoms with van der Waals surface area (Å²) in [6.45, 7) is 3.90. The summed E-state index contributed by atoms with van der Waals surface area (Å²) >= 11 is 0. The Labute approximate surface area is 292 Å². The second kappa shape index (κ2) is 15.0. The molecule has 1 fully saturated rings. The molecule has 1 saturated heterocycles. The van der Waals surface area contributed by atoms with E-state index in [4.69, 9.17) is 23.5 Å². The number of nitrogens with zero attached hydrogens (tertiary/aromatic N) is 2. The number of aliphatic hydroxyl groups excluding tert-OH is 2. The smallest absolute Gasteiger partial charge is 0.334 e. The molecule has 3 aromatic rings. The number of hydroxylamine groups is 2. The molecule has 3 aliphatic rings. The second-order valence-electron chi connectivity index (χ2n) is 12.8. The molecule has 0 amide bonds. The highest BCUT2D eigenvalue weighted by atomic mass is 16.8. The van der Waals surface area contributed by atoms with Crippen LogP contribution in [0.1, 0.15) is 26.7 Å². The molecular weight excluding hydrogens is 666 g/mol. The molecule has 2 aromatic carbocycles. The van der Waals surface area contributed by atoms with Crippen LogP contribution in [0.4, 0.5) is 0 Å². The Bertz CT molecular complexity index is 1940. The fourth-order valence-corrected chi connectivity index (χ4v) is 6.03.